The predicted molar refractivity (Wildman–Crippen MR) is 124 cm³/mol. The standard InChI is InChI=1S/C24H30N2O4S/c1-15-13-16(2)22-20(14-15)26(12-11-25(4)5)24(28)21(30-17(3)27)23(31-22)18-7-9-19(29-6)10-8-18/h7-10,13-14,21,23H,11-12H2,1-6H3/t21-,23+/m0/s1. The number of fused-ring (bicyclic) bond motifs is 1. The van der Waals surface area contributed by atoms with Crippen LogP contribution in [0.2, 0.25) is 0 Å². The first-order valence-corrected chi connectivity index (χ1v) is 11.1. The first kappa shape index (κ1) is 23.2. The molecule has 0 fully saturated rings. The van der Waals surface area contributed by atoms with Crippen LogP contribution < -0.4 is 9.64 Å². The molecule has 0 saturated carbocycles. The highest BCUT2D eigenvalue weighted by Gasteiger charge is 2.41. The molecular weight excluding hydrogens is 412 g/mol. The monoisotopic (exact) mass is 442 g/mol. The molecule has 0 aromatic heterocycles. The van der Waals surface area contributed by atoms with Gasteiger partial charge >= 0.3 is 5.97 Å². The van der Waals surface area contributed by atoms with Crippen LogP contribution in [0, 0.1) is 13.8 Å². The molecule has 1 aliphatic heterocycles. The van der Waals surface area contributed by atoms with E-state index in [1.807, 2.05) is 56.3 Å². The summed E-state index contributed by atoms with van der Waals surface area (Å²) in [6.45, 7) is 6.64. The van der Waals surface area contributed by atoms with Crippen LogP contribution in [0.3, 0.4) is 0 Å². The van der Waals surface area contributed by atoms with E-state index in [0.29, 0.717) is 13.1 Å². The van der Waals surface area contributed by atoms with Crippen molar-refractivity contribution in [2.45, 2.75) is 37.0 Å². The molecule has 2 aromatic carbocycles. The van der Waals surface area contributed by atoms with E-state index in [1.165, 1.54) is 6.92 Å². The number of thioether (sulfide) groups is 1. The molecule has 7 heteroatoms. The number of nitrogens with zero attached hydrogens (tertiary/aromatic N) is 2. The molecule has 2 atom stereocenters. The van der Waals surface area contributed by atoms with Gasteiger partial charge < -0.3 is 19.3 Å². The number of benzene rings is 2. The van der Waals surface area contributed by atoms with Gasteiger partial charge in [0.25, 0.3) is 5.91 Å². The minimum Gasteiger partial charge on any atom is -0.497 e. The highest BCUT2D eigenvalue weighted by molar-refractivity contribution is 7.99. The average Bonchev–Trinajstić information content (AvgIpc) is 2.81. The van der Waals surface area contributed by atoms with E-state index in [9.17, 15) is 9.59 Å². The molecule has 2 aromatic rings. The Morgan fingerprint density at radius 2 is 1.84 bits per heavy atom. The lowest BCUT2D eigenvalue weighted by atomic mass is 10.0. The van der Waals surface area contributed by atoms with Crippen molar-refractivity contribution in [2.24, 2.45) is 0 Å². The minimum atomic E-state index is -0.926. The smallest absolute Gasteiger partial charge is 0.303 e. The first-order chi connectivity index (χ1) is 14.7. The van der Waals surface area contributed by atoms with E-state index in [4.69, 9.17) is 9.47 Å². The Bertz CT molecular complexity index is 959. The number of esters is 1. The first-order valence-electron chi connectivity index (χ1n) is 10.3. The summed E-state index contributed by atoms with van der Waals surface area (Å²) < 4.78 is 10.9. The number of carbonyl (C=O) groups is 2. The van der Waals surface area contributed by atoms with E-state index >= 15 is 0 Å². The number of aryl methyl sites for hydroxylation is 2. The predicted octanol–water partition coefficient (Wildman–Crippen LogP) is 3.99. The van der Waals surface area contributed by atoms with E-state index in [1.54, 1.807) is 23.8 Å². The van der Waals surface area contributed by atoms with Crippen molar-refractivity contribution < 1.29 is 19.1 Å². The van der Waals surface area contributed by atoms with Gasteiger partial charge in [-0.2, -0.15) is 0 Å². The Kier molecular flexibility index (Phi) is 7.28. The number of carbonyl (C=O) groups excluding carboxylic acids is 2. The van der Waals surface area contributed by atoms with Gasteiger partial charge in [0.1, 0.15) is 5.75 Å². The number of methoxy groups -OCH3 is 1. The van der Waals surface area contributed by atoms with Crippen LogP contribution in [0.25, 0.3) is 0 Å². The summed E-state index contributed by atoms with van der Waals surface area (Å²) in [4.78, 5) is 30.6. The van der Waals surface area contributed by atoms with Gasteiger partial charge in [-0.15, -0.1) is 11.8 Å². The molecule has 3 rings (SSSR count). The Morgan fingerprint density at radius 3 is 2.42 bits per heavy atom. The lowest BCUT2D eigenvalue weighted by Gasteiger charge is -2.28. The number of hydrogen-bond donors (Lipinski definition) is 0. The summed E-state index contributed by atoms with van der Waals surface area (Å²) in [5.74, 6) is 0.0653. The molecule has 0 radical (unpaired) electrons. The van der Waals surface area contributed by atoms with E-state index in [-0.39, 0.29) is 11.2 Å². The quantitative estimate of drug-likeness (QED) is 0.631. The highest BCUT2D eigenvalue weighted by atomic mass is 32.2. The third kappa shape index (κ3) is 5.22. The molecule has 0 unspecified atom stereocenters. The summed E-state index contributed by atoms with van der Waals surface area (Å²) in [7, 11) is 5.57. The molecule has 31 heavy (non-hydrogen) atoms. The third-order valence-electron chi connectivity index (χ3n) is 5.23. The zero-order valence-electron chi connectivity index (χ0n) is 19.0. The molecule has 0 saturated heterocycles. The lowest BCUT2D eigenvalue weighted by molar-refractivity contribution is -0.152. The molecule has 6 nitrogen and oxygen atoms in total. The van der Waals surface area contributed by atoms with Crippen molar-refractivity contribution in [3.8, 4) is 5.75 Å². The van der Waals surface area contributed by atoms with Crippen LogP contribution in [0.1, 0.15) is 28.9 Å². The van der Waals surface area contributed by atoms with Crippen LogP contribution in [0.15, 0.2) is 41.3 Å². The number of hydrogen-bond acceptors (Lipinski definition) is 6. The molecule has 0 bridgehead atoms. The van der Waals surface area contributed by atoms with E-state index < -0.39 is 12.1 Å². The molecule has 166 valence electrons. The van der Waals surface area contributed by atoms with Crippen LogP contribution in [-0.2, 0) is 14.3 Å². The largest absolute Gasteiger partial charge is 0.497 e. The van der Waals surface area contributed by atoms with Gasteiger partial charge in [0.05, 0.1) is 18.0 Å². The number of amides is 1. The summed E-state index contributed by atoms with van der Waals surface area (Å²) in [6.07, 6.45) is -0.926. The maximum atomic E-state index is 13.8. The second kappa shape index (κ2) is 9.75. The number of likely N-dealkylation sites (N-methyl/N-ethyl adjacent to an activating group) is 1. The summed E-state index contributed by atoms with van der Waals surface area (Å²) >= 11 is 1.58. The van der Waals surface area contributed by atoms with Crippen molar-refractivity contribution in [1.82, 2.24) is 4.90 Å². The average molecular weight is 443 g/mol. The summed E-state index contributed by atoms with van der Waals surface area (Å²) in [5, 5.41) is -0.369. The normalized spacial score (nSPS) is 18.5. The molecular formula is C24H30N2O4S. The SMILES string of the molecule is COc1ccc([C@H]2Sc3c(C)cc(C)cc3N(CCN(C)C)C(=O)[C@H]2OC(C)=O)cc1. The molecule has 1 aliphatic rings. The zero-order valence-corrected chi connectivity index (χ0v) is 19.8. The van der Waals surface area contributed by atoms with Crippen molar-refractivity contribution in [1.29, 1.82) is 0 Å². The van der Waals surface area contributed by atoms with Gasteiger partial charge in [-0.1, -0.05) is 18.2 Å². The zero-order chi connectivity index (χ0) is 22.7. The fraction of sp³-hybridized carbons (Fsp3) is 0.417. The second-order valence-corrected chi connectivity index (χ2v) is 9.22. The van der Waals surface area contributed by atoms with Gasteiger partial charge in [0.2, 0.25) is 0 Å². The van der Waals surface area contributed by atoms with Crippen LogP contribution in [0.4, 0.5) is 5.69 Å². The fourth-order valence-corrected chi connectivity index (χ4v) is 5.11. The third-order valence-corrected chi connectivity index (χ3v) is 6.77. The number of rotatable bonds is 6. The Morgan fingerprint density at radius 1 is 1.16 bits per heavy atom. The van der Waals surface area contributed by atoms with Crippen LogP contribution in [-0.4, -0.2) is 57.2 Å². The molecule has 0 spiro atoms. The van der Waals surface area contributed by atoms with Gasteiger partial charge in [-0.3, -0.25) is 9.59 Å². The fourth-order valence-electron chi connectivity index (χ4n) is 3.73. The van der Waals surface area contributed by atoms with Gasteiger partial charge in [0, 0.05) is 24.9 Å². The van der Waals surface area contributed by atoms with Crippen molar-refractivity contribution >= 4 is 29.3 Å². The number of ether oxygens (including phenoxy) is 2. The maximum Gasteiger partial charge on any atom is 0.303 e. The van der Waals surface area contributed by atoms with Crippen LogP contribution in [0.5, 0.6) is 5.75 Å². The molecule has 1 amide bonds. The maximum absolute atomic E-state index is 13.8. The van der Waals surface area contributed by atoms with Crippen molar-refractivity contribution in [3.63, 3.8) is 0 Å². The molecule has 0 N–H and O–H groups in total. The van der Waals surface area contributed by atoms with E-state index in [2.05, 4.69) is 13.0 Å². The Labute approximate surface area is 188 Å². The van der Waals surface area contributed by atoms with Gasteiger partial charge in [-0.05, 0) is 62.8 Å². The van der Waals surface area contributed by atoms with Crippen molar-refractivity contribution in [2.75, 3.05) is 39.2 Å². The van der Waals surface area contributed by atoms with Crippen LogP contribution >= 0.6 is 11.8 Å². The summed E-state index contributed by atoms with van der Waals surface area (Å²) in [6, 6.07) is 11.8. The van der Waals surface area contributed by atoms with Crippen molar-refractivity contribution in [3.05, 3.63) is 53.1 Å². The highest BCUT2D eigenvalue weighted by Crippen LogP contribution is 2.48. The van der Waals surface area contributed by atoms with Gasteiger partial charge in [0.15, 0.2) is 6.10 Å². The van der Waals surface area contributed by atoms with E-state index in [0.717, 1.165) is 33.0 Å². The molecule has 1 heterocycles. The second-order valence-electron chi connectivity index (χ2n) is 8.06. The summed E-state index contributed by atoms with van der Waals surface area (Å²) in [5.41, 5.74) is 3.98. The topological polar surface area (TPSA) is 59.1 Å². The Balaban J connectivity index is 2.14. The number of anilines is 1. The Hall–Kier alpha value is -2.51. The molecule has 0 aliphatic carbocycles. The lowest BCUT2D eigenvalue weighted by Crippen LogP contribution is -2.45. The van der Waals surface area contributed by atoms with Gasteiger partial charge in [-0.25, -0.2) is 0 Å². The minimum absolute atomic E-state index is 0.200.